The van der Waals surface area contributed by atoms with E-state index in [2.05, 4.69) is 55.6 Å². The molecule has 0 spiro atoms. The van der Waals surface area contributed by atoms with E-state index in [1.807, 2.05) is 0 Å². The number of hydrogen-bond donors (Lipinski definition) is 1. The smallest absolute Gasteiger partial charge is 0.119 e. The third-order valence-electron chi connectivity index (χ3n) is 4.52. The average Bonchev–Trinajstić information content (AvgIpc) is 2.51. The molecule has 1 aliphatic carbocycles. The number of anilines is 1. The van der Waals surface area contributed by atoms with Crippen molar-refractivity contribution in [2.45, 2.75) is 39.2 Å². The minimum absolute atomic E-state index is 0.381. The molecule has 21 heavy (non-hydrogen) atoms. The highest BCUT2D eigenvalue weighted by Gasteiger charge is 2.20. The summed E-state index contributed by atoms with van der Waals surface area (Å²) in [5, 5.41) is 3.70. The Hall–Kier alpha value is -1.96. The van der Waals surface area contributed by atoms with Crippen molar-refractivity contribution in [2.24, 2.45) is 0 Å². The van der Waals surface area contributed by atoms with Crippen LogP contribution < -0.4 is 10.1 Å². The van der Waals surface area contributed by atoms with E-state index >= 15 is 0 Å². The van der Waals surface area contributed by atoms with Crippen LogP contribution in [-0.4, -0.2) is 7.11 Å². The van der Waals surface area contributed by atoms with Gasteiger partial charge in [0.05, 0.1) is 13.2 Å². The summed E-state index contributed by atoms with van der Waals surface area (Å²) in [6, 6.07) is 13.5. The minimum atomic E-state index is 0.381. The lowest BCUT2D eigenvalue weighted by Gasteiger charge is -2.28. The van der Waals surface area contributed by atoms with Crippen molar-refractivity contribution < 1.29 is 4.74 Å². The number of nitrogens with one attached hydrogen (secondary N) is 1. The largest absolute Gasteiger partial charge is 0.497 e. The minimum Gasteiger partial charge on any atom is -0.497 e. The Morgan fingerprint density at radius 1 is 1.05 bits per heavy atom. The fourth-order valence-electron chi connectivity index (χ4n) is 3.09. The lowest BCUT2D eigenvalue weighted by atomic mass is 9.87. The Morgan fingerprint density at radius 2 is 1.90 bits per heavy atom. The van der Waals surface area contributed by atoms with E-state index in [0.717, 1.165) is 5.75 Å². The van der Waals surface area contributed by atoms with Gasteiger partial charge in [0.1, 0.15) is 5.75 Å². The number of ether oxygens (including phenoxy) is 1. The van der Waals surface area contributed by atoms with E-state index in [9.17, 15) is 0 Å². The van der Waals surface area contributed by atoms with Gasteiger partial charge in [-0.3, -0.25) is 0 Å². The first-order valence-electron chi connectivity index (χ1n) is 7.68. The highest BCUT2D eigenvalue weighted by Crippen LogP contribution is 2.35. The molecule has 1 atom stereocenters. The van der Waals surface area contributed by atoms with E-state index < -0.39 is 0 Å². The molecule has 1 aliphatic rings. The molecule has 0 saturated carbocycles. The van der Waals surface area contributed by atoms with Gasteiger partial charge in [-0.1, -0.05) is 12.1 Å². The Labute approximate surface area is 127 Å². The van der Waals surface area contributed by atoms with Gasteiger partial charge < -0.3 is 10.1 Å². The standard InChI is InChI=1S/C19H23NO/c1-13-7-9-16(11-14(13)2)20-19-6-4-5-15-8-10-17(21-3)12-18(15)19/h7-12,19-20H,4-6H2,1-3H3. The fraction of sp³-hybridized carbons (Fsp3) is 0.368. The zero-order valence-corrected chi connectivity index (χ0v) is 13.1. The molecule has 2 aromatic rings. The SMILES string of the molecule is COc1ccc2c(c1)C(Nc1ccc(C)c(C)c1)CCC2. The Morgan fingerprint density at radius 3 is 2.67 bits per heavy atom. The van der Waals surface area contributed by atoms with E-state index in [1.54, 1.807) is 7.11 Å². The highest BCUT2D eigenvalue weighted by atomic mass is 16.5. The van der Waals surface area contributed by atoms with E-state index in [0.29, 0.717) is 6.04 Å². The van der Waals surface area contributed by atoms with Crippen molar-refractivity contribution >= 4 is 5.69 Å². The van der Waals surface area contributed by atoms with Crippen LogP contribution in [0.25, 0.3) is 0 Å². The van der Waals surface area contributed by atoms with Crippen molar-refractivity contribution in [3.63, 3.8) is 0 Å². The number of rotatable bonds is 3. The molecule has 110 valence electrons. The molecule has 0 amide bonds. The van der Waals surface area contributed by atoms with Crippen molar-refractivity contribution in [3.05, 3.63) is 58.7 Å². The number of fused-ring (bicyclic) bond motifs is 1. The molecule has 2 heteroatoms. The molecule has 0 fully saturated rings. The summed E-state index contributed by atoms with van der Waals surface area (Å²) in [4.78, 5) is 0. The van der Waals surface area contributed by atoms with Crippen LogP contribution in [0, 0.1) is 13.8 Å². The summed E-state index contributed by atoms with van der Waals surface area (Å²) in [7, 11) is 1.73. The fourth-order valence-corrected chi connectivity index (χ4v) is 3.09. The van der Waals surface area contributed by atoms with Gasteiger partial charge in [-0.2, -0.15) is 0 Å². The second-order valence-electron chi connectivity index (χ2n) is 5.95. The van der Waals surface area contributed by atoms with Crippen molar-refractivity contribution in [3.8, 4) is 5.75 Å². The Balaban J connectivity index is 1.88. The molecule has 2 nitrogen and oxygen atoms in total. The second-order valence-corrected chi connectivity index (χ2v) is 5.95. The zero-order valence-electron chi connectivity index (χ0n) is 13.1. The van der Waals surface area contributed by atoms with Crippen LogP contribution in [0.5, 0.6) is 5.75 Å². The third-order valence-corrected chi connectivity index (χ3v) is 4.52. The van der Waals surface area contributed by atoms with Gasteiger partial charge >= 0.3 is 0 Å². The van der Waals surface area contributed by atoms with Crippen LogP contribution in [0.1, 0.15) is 41.1 Å². The monoisotopic (exact) mass is 281 g/mol. The number of aryl methyl sites for hydroxylation is 3. The van der Waals surface area contributed by atoms with Gasteiger partial charge in [-0.25, -0.2) is 0 Å². The molecular formula is C19H23NO. The number of hydrogen-bond acceptors (Lipinski definition) is 2. The third kappa shape index (κ3) is 2.90. The van der Waals surface area contributed by atoms with Crippen molar-refractivity contribution in [2.75, 3.05) is 12.4 Å². The molecule has 1 N–H and O–H groups in total. The van der Waals surface area contributed by atoms with Gasteiger partial charge in [0.25, 0.3) is 0 Å². The van der Waals surface area contributed by atoms with Gasteiger partial charge in [0.2, 0.25) is 0 Å². The average molecular weight is 281 g/mol. The molecular weight excluding hydrogens is 258 g/mol. The molecule has 0 aromatic heterocycles. The van der Waals surface area contributed by atoms with Crippen LogP contribution in [0.15, 0.2) is 36.4 Å². The predicted molar refractivity (Wildman–Crippen MR) is 88.2 cm³/mol. The van der Waals surface area contributed by atoms with Gasteiger partial charge in [0, 0.05) is 5.69 Å². The molecule has 1 unspecified atom stereocenters. The molecule has 0 bridgehead atoms. The maximum Gasteiger partial charge on any atom is 0.119 e. The first-order chi connectivity index (χ1) is 10.2. The van der Waals surface area contributed by atoms with E-state index in [4.69, 9.17) is 4.74 Å². The normalized spacial score (nSPS) is 17.2. The zero-order chi connectivity index (χ0) is 14.8. The van der Waals surface area contributed by atoms with Crippen molar-refractivity contribution in [1.82, 2.24) is 0 Å². The van der Waals surface area contributed by atoms with Gasteiger partial charge in [-0.05, 0) is 79.6 Å². The van der Waals surface area contributed by atoms with E-state index in [1.165, 1.54) is 47.2 Å². The summed E-state index contributed by atoms with van der Waals surface area (Å²) in [6.07, 6.45) is 3.58. The lowest BCUT2D eigenvalue weighted by Crippen LogP contribution is -2.17. The topological polar surface area (TPSA) is 21.3 Å². The van der Waals surface area contributed by atoms with Crippen molar-refractivity contribution in [1.29, 1.82) is 0 Å². The van der Waals surface area contributed by atoms with Crippen LogP contribution >= 0.6 is 0 Å². The van der Waals surface area contributed by atoms with E-state index in [-0.39, 0.29) is 0 Å². The summed E-state index contributed by atoms with van der Waals surface area (Å²) in [5.74, 6) is 0.947. The maximum absolute atomic E-state index is 5.39. The maximum atomic E-state index is 5.39. The predicted octanol–water partition coefficient (Wildman–Crippen LogP) is 4.80. The second kappa shape index (κ2) is 5.80. The summed E-state index contributed by atoms with van der Waals surface area (Å²) < 4.78 is 5.39. The van der Waals surface area contributed by atoms with Gasteiger partial charge in [-0.15, -0.1) is 0 Å². The Kier molecular flexibility index (Phi) is 3.87. The first kappa shape index (κ1) is 14.0. The first-order valence-corrected chi connectivity index (χ1v) is 7.68. The number of benzene rings is 2. The number of methoxy groups -OCH3 is 1. The lowest BCUT2D eigenvalue weighted by molar-refractivity contribution is 0.413. The Bertz CT molecular complexity index is 648. The summed E-state index contributed by atoms with van der Waals surface area (Å²) in [6.45, 7) is 4.32. The van der Waals surface area contributed by atoms with Crippen LogP contribution in [0.4, 0.5) is 5.69 Å². The molecule has 3 rings (SSSR count). The van der Waals surface area contributed by atoms with Crippen LogP contribution in [0.2, 0.25) is 0 Å². The molecule has 0 aliphatic heterocycles. The van der Waals surface area contributed by atoms with Crippen LogP contribution in [-0.2, 0) is 6.42 Å². The summed E-state index contributed by atoms with van der Waals surface area (Å²) >= 11 is 0. The van der Waals surface area contributed by atoms with Crippen LogP contribution in [0.3, 0.4) is 0 Å². The quantitative estimate of drug-likeness (QED) is 0.872. The molecule has 0 radical (unpaired) electrons. The molecule has 0 saturated heterocycles. The van der Waals surface area contributed by atoms with Gasteiger partial charge in [0.15, 0.2) is 0 Å². The molecule has 2 aromatic carbocycles. The highest BCUT2D eigenvalue weighted by molar-refractivity contribution is 5.51. The summed E-state index contributed by atoms with van der Waals surface area (Å²) in [5.41, 5.74) is 6.72. The molecule has 0 heterocycles.